The van der Waals surface area contributed by atoms with E-state index >= 15 is 0 Å². The molecule has 0 saturated heterocycles. The van der Waals surface area contributed by atoms with Crippen molar-refractivity contribution in [1.29, 1.82) is 0 Å². The number of nitrogens with zero attached hydrogens (tertiary/aromatic N) is 2. The van der Waals surface area contributed by atoms with Gasteiger partial charge in [0, 0.05) is 17.9 Å². The van der Waals surface area contributed by atoms with Gasteiger partial charge in [0.15, 0.2) is 0 Å². The summed E-state index contributed by atoms with van der Waals surface area (Å²) < 4.78 is 14.7. The molecule has 8 heteroatoms. The molecule has 7 nitrogen and oxygen atoms in total. The van der Waals surface area contributed by atoms with Crippen LogP contribution < -0.4 is 16.0 Å². The lowest BCUT2D eigenvalue weighted by atomic mass is 10.2. The van der Waals surface area contributed by atoms with E-state index in [1.54, 1.807) is 54.1 Å². The zero-order chi connectivity index (χ0) is 20.8. The van der Waals surface area contributed by atoms with E-state index in [2.05, 4.69) is 27.6 Å². The molecule has 2 aromatic carbocycles. The minimum absolute atomic E-state index is 0.319. The highest BCUT2D eigenvalue weighted by Gasteiger charge is 2.15. The predicted octanol–water partition coefficient (Wildman–Crippen LogP) is 3.88. The SMILES string of the molecule is C=CCNC(=O)Nc1ccc(NC(=O)c2cnn(-c3ccc(F)cc3)c2C)cc1. The molecule has 0 atom stereocenters. The van der Waals surface area contributed by atoms with Gasteiger partial charge in [0.05, 0.1) is 23.1 Å². The van der Waals surface area contributed by atoms with Crippen molar-refractivity contribution in [1.82, 2.24) is 15.1 Å². The number of amides is 3. The molecule has 0 unspecified atom stereocenters. The Kier molecular flexibility index (Phi) is 6.03. The van der Waals surface area contributed by atoms with Crippen LogP contribution in [0, 0.1) is 12.7 Å². The van der Waals surface area contributed by atoms with Gasteiger partial charge >= 0.3 is 6.03 Å². The van der Waals surface area contributed by atoms with Crippen molar-refractivity contribution in [3.05, 3.63) is 84.5 Å². The standard InChI is InChI=1S/C21H20FN5O2/c1-3-12-23-21(29)26-17-8-6-16(7-9-17)25-20(28)19-13-24-27(14(19)2)18-10-4-15(22)5-11-18/h3-11,13H,1,12H2,2H3,(H,25,28)(H2,23,26,29). The van der Waals surface area contributed by atoms with E-state index in [0.29, 0.717) is 34.9 Å². The molecule has 148 valence electrons. The van der Waals surface area contributed by atoms with Crippen LogP contribution in [0.3, 0.4) is 0 Å². The molecule has 3 N–H and O–H groups in total. The Bertz CT molecular complexity index is 1030. The average Bonchev–Trinajstić information content (AvgIpc) is 3.10. The van der Waals surface area contributed by atoms with Crippen LogP contribution in [0.1, 0.15) is 16.1 Å². The normalized spacial score (nSPS) is 10.3. The van der Waals surface area contributed by atoms with Gasteiger partial charge in [0.25, 0.3) is 5.91 Å². The molecule has 0 bridgehead atoms. The number of benzene rings is 2. The summed E-state index contributed by atoms with van der Waals surface area (Å²) in [5.74, 6) is -0.659. The molecular weight excluding hydrogens is 373 g/mol. The molecule has 0 saturated carbocycles. The molecule has 1 heterocycles. The minimum atomic E-state index is -0.342. The largest absolute Gasteiger partial charge is 0.334 e. The summed E-state index contributed by atoms with van der Waals surface area (Å²) >= 11 is 0. The molecule has 3 amide bonds. The van der Waals surface area contributed by atoms with Gasteiger partial charge in [-0.2, -0.15) is 5.10 Å². The second kappa shape index (κ2) is 8.83. The summed E-state index contributed by atoms with van der Waals surface area (Å²) in [6.45, 7) is 5.66. The van der Waals surface area contributed by atoms with Crippen molar-refractivity contribution in [2.24, 2.45) is 0 Å². The summed E-state index contributed by atoms with van der Waals surface area (Å²) in [6, 6.07) is 12.2. The summed E-state index contributed by atoms with van der Waals surface area (Å²) in [6.07, 6.45) is 3.05. The number of nitrogens with one attached hydrogen (secondary N) is 3. The molecule has 3 aromatic rings. The first-order valence-corrected chi connectivity index (χ1v) is 8.85. The molecular formula is C21H20FN5O2. The fourth-order valence-electron chi connectivity index (χ4n) is 2.65. The van der Waals surface area contributed by atoms with Crippen LogP contribution in [-0.4, -0.2) is 28.3 Å². The topological polar surface area (TPSA) is 88.1 Å². The lowest BCUT2D eigenvalue weighted by molar-refractivity contribution is 0.102. The van der Waals surface area contributed by atoms with Gasteiger partial charge in [-0.1, -0.05) is 6.08 Å². The molecule has 0 fully saturated rings. The second-order valence-electron chi connectivity index (χ2n) is 6.19. The molecule has 0 radical (unpaired) electrons. The quantitative estimate of drug-likeness (QED) is 0.556. The Morgan fingerprint density at radius 2 is 1.69 bits per heavy atom. The zero-order valence-corrected chi connectivity index (χ0v) is 15.8. The summed E-state index contributed by atoms with van der Waals surface area (Å²) in [7, 11) is 0. The fraction of sp³-hybridized carbons (Fsp3) is 0.0952. The molecule has 0 aliphatic rings. The van der Waals surface area contributed by atoms with Gasteiger partial charge < -0.3 is 16.0 Å². The molecule has 3 rings (SSSR count). The highest BCUT2D eigenvalue weighted by atomic mass is 19.1. The first kappa shape index (κ1) is 19.8. The van der Waals surface area contributed by atoms with E-state index in [0.717, 1.165) is 0 Å². The number of rotatable bonds is 6. The maximum Gasteiger partial charge on any atom is 0.319 e. The number of carbonyl (C=O) groups excluding carboxylic acids is 2. The van der Waals surface area contributed by atoms with Crippen molar-refractivity contribution >= 4 is 23.3 Å². The molecule has 29 heavy (non-hydrogen) atoms. The van der Waals surface area contributed by atoms with E-state index in [1.807, 2.05) is 0 Å². The van der Waals surface area contributed by atoms with E-state index < -0.39 is 0 Å². The van der Waals surface area contributed by atoms with Crippen LogP contribution in [0.4, 0.5) is 20.6 Å². The van der Waals surface area contributed by atoms with Crippen LogP contribution in [0.5, 0.6) is 0 Å². The smallest absolute Gasteiger partial charge is 0.319 e. The van der Waals surface area contributed by atoms with Gasteiger partial charge in [0.2, 0.25) is 0 Å². The molecule has 0 aliphatic heterocycles. The van der Waals surface area contributed by atoms with Gasteiger partial charge in [-0.05, 0) is 55.5 Å². The number of carbonyl (C=O) groups is 2. The number of aromatic nitrogens is 2. The third-order valence-electron chi connectivity index (χ3n) is 4.13. The van der Waals surface area contributed by atoms with Crippen molar-refractivity contribution in [2.75, 3.05) is 17.2 Å². The monoisotopic (exact) mass is 393 g/mol. The average molecular weight is 393 g/mol. The van der Waals surface area contributed by atoms with Gasteiger partial charge in [-0.3, -0.25) is 4.79 Å². The number of urea groups is 1. The van der Waals surface area contributed by atoms with Crippen LogP contribution in [0.25, 0.3) is 5.69 Å². The van der Waals surface area contributed by atoms with E-state index in [1.165, 1.54) is 18.3 Å². The summed E-state index contributed by atoms with van der Waals surface area (Å²) in [5.41, 5.74) is 2.85. The highest BCUT2D eigenvalue weighted by molar-refractivity contribution is 6.05. The minimum Gasteiger partial charge on any atom is -0.334 e. The summed E-state index contributed by atoms with van der Waals surface area (Å²) in [5, 5.41) is 12.3. The van der Waals surface area contributed by atoms with Crippen LogP contribution in [-0.2, 0) is 0 Å². The Hall–Kier alpha value is -3.94. The Labute approximate surface area is 167 Å². The van der Waals surface area contributed by atoms with Crippen molar-refractivity contribution in [3.8, 4) is 5.69 Å². The van der Waals surface area contributed by atoms with Crippen molar-refractivity contribution in [3.63, 3.8) is 0 Å². The van der Waals surface area contributed by atoms with Gasteiger partial charge in [-0.25, -0.2) is 13.9 Å². The first-order chi connectivity index (χ1) is 14.0. The Balaban J connectivity index is 1.67. The van der Waals surface area contributed by atoms with E-state index in [4.69, 9.17) is 0 Å². The van der Waals surface area contributed by atoms with Crippen LogP contribution >= 0.6 is 0 Å². The molecule has 0 spiro atoms. The summed E-state index contributed by atoms with van der Waals surface area (Å²) in [4.78, 5) is 24.2. The number of halogens is 1. The third kappa shape index (κ3) is 4.86. The fourth-order valence-corrected chi connectivity index (χ4v) is 2.65. The van der Waals surface area contributed by atoms with Gasteiger partial charge in [0.1, 0.15) is 5.82 Å². The lowest BCUT2D eigenvalue weighted by Gasteiger charge is -2.09. The van der Waals surface area contributed by atoms with Crippen molar-refractivity contribution in [2.45, 2.75) is 6.92 Å². The number of hydrogen-bond donors (Lipinski definition) is 3. The number of hydrogen-bond acceptors (Lipinski definition) is 3. The van der Waals surface area contributed by atoms with Crippen LogP contribution in [0.2, 0.25) is 0 Å². The molecule has 0 aliphatic carbocycles. The Morgan fingerprint density at radius 3 is 2.31 bits per heavy atom. The third-order valence-corrected chi connectivity index (χ3v) is 4.13. The first-order valence-electron chi connectivity index (χ1n) is 8.85. The van der Waals surface area contributed by atoms with E-state index in [-0.39, 0.29) is 17.8 Å². The maximum absolute atomic E-state index is 13.1. The van der Waals surface area contributed by atoms with E-state index in [9.17, 15) is 14.0 Å². The second-order valence-corrected chi connectivity index (χ2v) is 6.19. The van der Waals surface area contributed by atoms with Crippen LogP contribution in [0.15, 0.2) is 67.4 Å². The highest BCUT2D eigenvalue weighted by Crippen LogP contribution is 2.18. The Morgan fingerprint density at radius 1 is 1.07 bits per heavy atom. The maximum atomic E-state index is 13.1. The van der Waals surface area contributed by atoms with Crippen molar-refractivity contribution < 1.29 is 14.0 Å². The van der Waals surface area contributed by atoms with Gasteiger partial charge in [-0.15, -0.1) is 6.58 Å². The predicted molar refractivity (Wildman–Crippen MR) is 110 cm³/mol. The number of anilines is 2. The molecule has 1 aromatic heterocycles. The lowest BCUT2D eigenvalue weighted by Crippen LogP contribution is -2.28. The zero-order valence-electron chi connectivity index (χ0n) is 15.8.